The van der Waals surface area contributed by atoms with E-state index >= 15 is 0 Å². The maximum Gasteiger partial charge on any atom is 0.293 e. The highest BCUT2D eigenvalue weighted by Crippen LogP contribution is 2.11. The van der Waals surface area contributed by atoms with Gasteiger partial charge in [0.1, 0.15) is 6.61 Å². The first-order chi connectivity index (χ1) is 7.31. The largest absolute Gasteiger partial charge is 0.389 e. The van der Waals surface area contributed by atoms with Crippen molar-refractivity contribution in [3.63, 3.8) is 0 Å². The van der Waals surface area contributed by atoms with Gasteiger partial charge >= 0.3 is 0 Å². The third-order valence-electron chi connectivity index (χ3n) is 2.18. The Morgan fingerprint density at radius 3 is 2.67 bits per heavy atom. The van der Waals surface area contributed by atoms with Gasteiger partial charge in [-0.3, -0.25) is 4.52 Å². The molecule has 2 aromatic rings. The van der Waals surface area contributed by atoms with E-state index in [0.29, 0.717) is 0 Å². The molecule has 0 bridgehead atoms. The van der Waals surface area contributed by atoms with Crippen LogP contribution in [0, 0.1) is 0 Å². The summed E-state index contributed by atoms with van der Waals surface area (Å²) in [6, 6.07) is 9.30. The van der Waals surface area contributed by atoms with Gasteiger partial charge in [-0.1, -0.05) is 30.3 Å². The van der Waals surface area contributed by atoms with Crippen LogP contribution in [0.3, 0.4) is 0 Å². The number of hydrogen-bond donors (Lipinski definition) is 2. The number of nitrogen functional groups attached to an aromatic ring is 1. The van der Waals surface area contributed by atoms with Crippen LogP contribution in [0.15, 0.2) is 41.1 Å². The summed E-state index contributed by atoms with van der Waals surface area (Å²) >= 11 is 0. The Balaban J connectivity index is 2.33. The molecule has 2 rings (SSSR count). The van der Waals surface area contributed by atoms with E-state index in [4.69, 9.17) is 10.3 Å². The predicted molar refractivity (Wildman–Crippen MR) is 52.8 cm³/mol. The van der Waals surface area contributed by atoms with Gasteiger partial charge in [0.2, 0.25) is 11.3 Å². The fourth-order valence-electron chi connectivity index (χ4n) is 1.44. The van der Waals surface area contributed by atoms with E-state index in [9.17, 15) is 5.11 Å². The third-order valence-corrected chi connectivity index (χ3v) is 2.18. The Morgan fingerprint density at radius 2 is 2.13 bits per heavy atom. The molecule has 0 aliphatic heterocycles. The van der Waals surface area contributed by atoms with E-state index in [2.05, 4.69) is 5.27 Å². The van der Waals surface area contributed by atoms with Crippen molar-refractivity contribution in [2.24, 2.45) is 0 Å². The second-order valence-electron chi connectivity index (χ2n) is 3.19. The standard InChI is InChI=1S/C10H12N3O2/c11-10-6-13(12-15-10)9(7-14)8-4-2-1-3-5-8/h1-6,9,14H,7,11H2/q+1. The van der Waals surface area contributed by atoms with Crippen LogP contribution >= 0.6 is 0 Å². The summed E-state index contributed by atoms with van der Waals surface area (Å²) < 4.78 is 6.25. The van der Waals surface area contributed by atoms with E-state index in [1.807, 2.05) is 30.3 Å². The number of rotatable bonds is 3. The minimum Gasteiger partial charge on any atom is -0.389 e. The van der Waals surface area contributed by atoms with Crippen molar-refractivity contribution < 1.29 is 14.3 Å². The molecule has 1 aromatic heterocycles. The van der Waals surface area contributed by atoms with Gasteiger partial charge in [0.05, 0.1) is 0 Å². The van der Waals surface area contributed by atoms with Gasteiger partial charge in [-0.25, -0.2) is 0 Å². The molecule has 78 valence electrons. The van der Waals surface area contributed by atoms with Gasteiger partial charge in [-0.05, 0) is 4.68 Å². The molecular weight excluding hydrogens is 194 g/mol. The lowest BCUT2D eigenvalue weighted by Gasteiger charge is -2.03. The molecule has 0 radical (unpaired) electrons. The SMILES string of the molecule is Nc1c[n+](C(CO)c2ccccc2)no1. The van der Waals surface area contributed by atoms with Crippen molar-refractivity contribution in [2.75, 3.05) is 12.3 Å². The van der Waals surface area contributed by atoms with Crippen LogP contribution in [0.2, 0.25) is 0 Å². The number of aromatic nitrogens is 2. The maximum atomic E-state index is 9.30. The Kier molecular flexibility index (Phi) is 2.64. The summed E-state index contributed by atoms with van der Waals surface area (Å²) in [6.07, 6.45) is 1.55. The molecule has 1 aromatic carbocycles. The third kappa shape index (κ3) is 1.97. The van der Waals surface area contributed by atoms with Gasteiger partial charge in [-0.15, -0.1) is 0 Å². The van der Waals surface area contributed by atoms with Crippen molar-refractivity contribution in [1.82, 2.24) is 5.27 Å². The normalized spacial score (nSPS) is 12.6. The van der Waals surface area contributed by atoms with E-state index in [0.717, 1.165) is 5.56 Å². The van der Waals surface area contributed by atoms with Crippen LogP contribution in [0.4, 0.5) is 5.88 Å². The number of anilines is 1. The second-order valence-corrected chi connectivity index (χ2v) is 3.19. The molecule has 15 heavy (non-hydrogen) atoms. The zero-order valence-electron chi connectivity index (χ0n) is 8.08. The molecule has 0 saturated carbocycles. The molecule has 5 heteroatoms. The molecule has 1 unspecified atom stereocenters. The molecule has 0 saturated heterocycles. The smallest absolute Gasteiger partial charge is 0.293 e. The summed E-state index contributed by atoms with van der Waals surface area (Å²) in [5.74, 6) is 0.226. The van der Waals surface area contributed by atoms with Crippen molar-refractivity contribution in [1.29, 1.82) is 0 Å². The first-order valence-corrected chi connectivity index (χ1v) is 4.60. The van der Waals surface area contributed by atoms with Gasteiger partial charge < -0.3 is 10.8 Å². The maximum absolute atomic E-state index is 9.30. The Morgan fingerprint density at radius 1 is 1.40 bits per heavy atom. The van der Waals surface area contributed by atoms with Crippen LogP contribution in [0.1, 0.15) is 11.6 Å². The second kappa shape index (κ2) is 4.10. The monoisotopic (exact) mass is 206 g/mol. The Hall–Kier alpha value is -1.88. The zero-order valence-corrected chi connectivity index (χ0v) is 8.08. The molecule has 0 aliphatic rings. The van der Waals surface area contributed by atoms with Crippen molar-refractivity contribution in [2.45, 2.75) is 6.04 Å². The van der Waals surface area contributed by atoms with E-state index in [-0.39, 0.29) is 18.5 Å². The summed E-state index contributed by atoms with van der Waals surface area (Å²) in [7, 11) is 0. The minimum atomic E-state index is -0.257. The summed E-state index contributed by atoms with van der Waals surface area (Å²) in [5, 5.41) is 13.0. The highest BCUT2D eigenvalue weighted by Gasteiger charge is 2.24. The number of hydrogen-bond acceptors (Lipinski definition) is 4. The molecular formula is C10H12N3O2+. The van der Waals surface area contributed by atoms with E-state index < -0.39 is 0 Å². The van der Waals surface area contributed by atoms with Crippen LogP contribution in [-0.4, -0.2) is 17.0 Å². The fraction of sp³-hybridized carbons (Fsp3) is 0.200. The molecule has 3 N–H and O–H groups in total. The van der Waals surface area contributed by atoms with Crippen LogP contribution < -0.4 is 10.4 Å². The Bertz CT molecular complexity index is 427. The number of nitrogens with two attached hydrogens (primary N) is 1. The summed E-state index contributed by atoms with van der Waals surface area (Å²) in [5.41, 5.74) is 6.37. The van der Waals surface area contributed by atoms with Crippen LogP contribution in [0.25, 0.3) is 0 Å². The molecule has 0 amide bonds. The lowest BCUT2D eigenvalue weighted by molar-refractivity contribution is -0.778. The molecule has 1 atom stereocenters. The lowest BCUT2D eigenvalue weighted by Crippen LogP contribution is -2.43. The molecule has 0 fully saturated rings. The van der Waals surface area contributed by atoms with E-state index in [1.54, 1.807) is 6.20 Å². The van der Waals surface area contributed by atoms with E-state index in [1.165, 1.54) is 4.68 Å². The van der Waals surface area contributed by atoms with Gasteiger partial charge in [0.25, 0.3) is 12.1 Å². The topological polar surface area (TPSA) is 76.2 Å². The number of benzene rings is 1. The highest BCUT2D eigenvalue weighted by atomic mass is 16.5. The Labute approximate surface area is 86.7 Å². The molecule has 5 nitrogen and oxygen atoms in total. The predicted octanol–water partition coefficient (Wildman–Crippen LogP) is 0.126. The average Bonchev–Trinajstić information content (AvgIpc) is 2.68. The van der Waals surface area contributed by atoms with Crippen molar-refractivity contribution in [3.8, 4) is 0 Å². The zero-order chi connectivity index (χ0) is 10.7. The quantitative estimate of drug-likeness (QED) is 0.700. The minimum absolute atomic E-state index is 0.0549. The number of aliphatic hydroxyl groups excluding tert-OH is 1. The first kappa shape index (κ1) is 9.67. The molecule has 0 aliphatic carbocycles. The van der Waals surface area contributed by atoms with Gasteiger partial charge in [-0.2, -0.15) is 0 Å². The van der Waals surface area contributed by atoms with Crippen molar-refractivity contribution >= 4 is 5.88 Å². The number of aliphatic hydroxyl groups is 1. The highest BCUT2D eigenvalue weighted by molar-refractivity contribution is 5.17. The van der Waals surface area contributed by atoms with Crippen LogP contribution in [0.5, 0.6) is 0 Å². The van der Waals surface area contributed by atoms with Crippen LogP contribution in [-0.2, 0) is 0 Å². The number of nitrogens with zero attached hydrogens (tertiary/aromatic N) is 2. The lowest BCUT2D eigenvalue weighted by atomic mass is 10.1. The van der Waals surface area contributed by atoms with Gasteiger partial charge in [0.15, 0.2) is 0 Å². The summed E-state index contributed by atoms with van der Waals surface area (Å²) in [6.45, 7) is -0.0549. The average molecular weight is 206 g/mol. The first-order valence-electron chi connectivity index (χ1n) is 4.60. The summed E-state index contributed by atoms with van der Waals surface area (Å²) in [4.78, 5) is 0. The fourth-order valence-corrected chi connectivity index (χ4v) is 1.44. The van der Waals surface area contributed by atoms with Crippen molar-refractivity contribution in [3.05, 3.63) is 42.1 Å². The molecule has 0 spiro atoms. The molecule has 1 heterocycles. The van der Waals surface area contributed by atoms with Gasteiger partial charge in [0, 0.05) is 5.56 Å².